The Morgan fingerprint density at radius 3 is 2.43 bits per heavy atom. The molecular weight excluding hydrogens is 459 g/mol. The smallest absolute Gasteiger partial charge is 0.266 e. The summed E-state index contributed by atoms with van der Waals surface area (Å²) < 4.78 is 2.51. The van der Waals surface area contributed by atoms with Crippen molar-refractivity contribution in [2.45, 2.75) is 0 Å². The molecule has 4 rings (SSSR count). The molecule has 1 aromatic heterocycles. The fourth-order valence-electron chi connectivity index (χ4n) is 2.90. The molecule has 0 saturated carbocycles. The fourth-order valence-corrected chi connectivity index (χ4v) is 3.66. The van der Waals surface area contributed by atoms with Crippen LogP contribution in [0.5, 0.6) is 0 Å². The van der Waals surface area contributed by atoms with Gasteiger partial charge < -0.3 is 0 Å². The first-order valence-electron chi connectivity index (χ1n) is 8.44. The van der Waals surface area contributed by atoms with Crippen LogP contribution in [-0.2, 0) is 0 Å². The quantitative estimate of drug-likeness (QED) is 0.336. The van der Waals surface area contributed by atoms with Crippen LogP contribution in [0.2, 0.25) is 10.0 Å². The summed E-state index contributed by atoms with van der Waals surface area (Å²) in [6.07, 6.45) is 3.71. The Hall–Kier alpha value is -2.40. The third kappa shape index (κ3) is 3.76. The van der Waals surface area contributed by atoms with Gasteiger partial charge >= 0.3 is 0 Å². The van der Waals surface area contributed by atoms with Crippen molar-refractivity contribution >= 4 is 62.2 Å². The predicted octanol–water partition coefficient (Wildman–Crippen LogP) is 6.63. The highest BCUT2D eigenvalue weighted by Gasteiger charge is 2.13. The Kier molecular flexibility index (Phi) is 5.36. The molecule has 138 valence electrons. The first-order chi connectivity index (χ1) is 13.5. The molecule has 0 atom stereocenters. The maximum atomic E-state index is 13.2. The molecular formula is C22H13BrCl2N2O. The normalized spacial score (nSPS) is 11.4. The zero-order valence-corrected chi connectivity index (χ0v) is 17.5. The summed E-state index contributed by atoms with van der Waals surface area (Å²) in [6, 6.07) is 20.1. The standard InChI is InChI=1S/C22H13BrCl2N2O/c23-15-8-5-14(6-9-15)7-12-21-26-19-4-2-1-3-17(19)22(28)27(21)20-11-10-16(24)13-18(20)25/h1-13H/b12-7+. The summed E-state index contributed by atoms with van der Waals surface area (Å²) in [4.78, 5) is 17.9. The van der Waals surface area contributed by atoms with Crippen LogP contribution >= 0.6 is 39.1 Å². The van der Waals surface area contributed by atoms with Gasteiger partial charge in [-0.2, -0.15) is 0 Å². The highest BCUT2D eigenvalue weighted by atomic mass is 79.9. The average Bonchev–Trinajstić information content (AvgIpc) is 2.69. The van der Waals surface area contributed by atoms with Crippen LogP contribution in [0.3, 0.4) is 0 Å². The first-order valence-corrected chi connectivity index (χ1v) is 9.99. The SMILES string of the molecule is O=c1c2ccccc2nc(/C=C/c2ccc(Br)cc2)n1-c1ccc(Cl)cc1Cl. The zero-order chi connectivity index (χ0) is 19.7. The molecule has 0 N–H and O–H groups in total. The second kappa shape index (κ2) is 7.92. The van der Waals surface area contributed by atoms with Gasteiger partial charge in [0.2, 0.25) is 0 Å². The van der Waals surface area contributed by atoms with Crippen molar-refractivity contribution in [1.82, 2.24) is 9.55 Å². The van der Waals surface area contributed by atoms with Crippen molar-refractivity contribution < 1.29 is 0 Å². The molecule has 0 unspecified atom stereocenters. The fraction of sp³-hybridized carbons (Fsp3) is 0. The van der Waals surface area contributed by atoms with E-state index in [1.807, 2.05) is 54.6 Å². The number of aromatic nitrogens is 2. The number of para-hydroxylation sites is 1. The van der Waals surface area contributed by atoms with E-state index in [1.165, 1.54) is 4.57 Å². The van der Waals surface area contributed by atoms with Gasteiger partial charge in [0.15, 0.2) is 0 Å². The van der Waals surface area contributed by atoms with Gasteiger partial charge in [0.25, 0.3) is 5.56 Å². The van der Waals surface area contributed by atoms with Gasteiger partial charge in [-0.05, 0) is 54.1 Å². The Bertz CT molecular complexity index is 1260. The number of halogens is 3. The maximum absolute atomic E-state index is 13.2. The lowest BCUT2D eigenvalue weighted by Gasteiger charge is -2.13. The predicted molar refractivity (Wildman–Crippen MR) is 120 cm³/mol. The topological polar surface area (TPSA) is 34.9 Å². The lowest BCUT2D eigenvalue weighted by Crippen LogP contribution is -2.22. The monoisotopic (exact) mass is 470 g/mol. The van der Waals surface area contributed by atoms with Crippen molar-refractivity contribution in [3.63, 3.8) is 0 Å². The van der Waals surface area contributed by atoms with E-state index >= 15 is 0 Å². The van der Waals surface area contributed by atoms with Crippen LogP contribution in [0.25, 0.3) is 28.7 Å². The second-order valence-corrected chi connectivity index (χ2v) is 7.87. The Labute approximate surface area is 180 Å². The van der Waals surface area contributed by atoms with Crippen molar-refractivity contribution in [2.75, 3.05) is 0 Å². The summed E-state index contributed by atoms with van der Waals surface area (Å²) in [7, 11) is 0. The van der Waals surface area contributed by atoms with Crippen LogP contribution in [0.4, 0.5) is 0 Å². The third-order valence-corrected chi connectivity index (χ3v) is 5.31. The van der Waals surface area contributed by atoms with Crippen LogP contribution in [-0.4, -0.2) is 9.55 Å². The van der Waals surface area contributed by atoms with E-state index in [9.17, 15) is 4.79 Å². The van der Waals surface area contributed by atoms with Gasteiger partial charge in [-0.25, -0.2) is 4.98 Å². The summed E-state index contributed by atoms with van der Waals surface area (Å²) in [6.45, 7) is 0. The molecule has 4 aromatic rings. The maximum Gasteiger partial charge on any atom is 0.266 e. The third-order valence-electron chi connectivity index (χ3n) is 4.25. The molecule has 0 saturated heterocycles. The van der Waals surface area contributed by atoms with E-state index in [1.54, 1.807) is 24.3 Å². The van der Waals surface area contributed by atoms with E-state index in [2.05, 4.69) is 20.9 Å². The molecule has 0 aliphatic carbocycles. The molecule has 0 radical (unpaired) electrons. The van der Waals surface area contributed by atoms with Crippen LogP contribution < -0.4 is 5.56 Å². The Balaban J connectivity index is 1.95. The molecule has 0 bridgehead atoms. The van der Waals surface area contributed by atoms with Gasteiger partial charge in [0, 0.05) is 9.50 Å². The van der Waals surface area contributed by atoms with Gasteiger partial charge in [0.05, 0.1) is 21.6 Å². The molecule has 0 spiro atoms. The zero-order valence-electron chi connectivity index (χ0n) is 14.4. The highest BCUT2D eigenvalue weighted by Crippen LogP contribution is 2.25. The summed E-state index contributed by atoms with van der Waals surface area (Å²) in [5.74, 6) is 0.482. The van der Waals surface area contributed by atoms with Gasteiger partial charge in [0.1, 0.15) is 5.82 Å². The first kappa shape index (κ1) is 18.9. The van der Waals surface area contributed by atoms with E-state index in [0.717, 1.165) is 10.0 Å². The summed E-state index contributed by atoms with van der Waals surface area (Å²) in [5, 5.41) is 1.40. The number of hydrogen-bond donors (Lipinski definition) is 0. The van der Waals surface area contributed by atoms with E-state index in [-0.39, 0.29) is 5.56 Å². The minimum atomic E-state index is -0.190. The summed E-state index contributed by atoms with van der Waals surface area (Å²) >= 11 is 15.8. The number of fused-ring (bicyclic) bond motifs is 1. The molecule has 28 heavy (non-hydrogen) atoms. The minimum Gasteiger partial charge on any atom is -0.268 e. The molecule has 0 fully saturated rings. The molecule has 6 heteroatoms. The van der Waals surface area contributed by atoms with Crippen molar-refractivity contribution in [3.8, 4) is 5.69 Å². The number of benzene rings is 3. The van der Waals surface area contributed by atoms with Crippen molar-refractivity contribution in [3.05, 3.63) is 103 Å². The van der Waals surface area contributed by atoms with Gasteiger partial charge in [-0.15, -0.1) is 0 Å². The van der Waals surface area contributed by atoms with E-state index in [4.69, 9.17) is 23.2 Å². The molecule has 0 aliphatic heterocycles. The molecule has 3 aromatic carbocycles. The van der Waals surface area contributed by atoms with E-state index < -0.39 is 0 Å². The Morgan fingerprint density at radius 2 is 1.68 bits per heavy atom. The lowest BCUT2D eigenvalue weighted by atomic mass is 10.2. The Morgan fingerprint density at radius 1 is 0.929 bits per heavy atom. The molecule has 1 heterocycles. The van der Waals surface area contributed by atoms with Crippen LogP contribution in [0, 0.1) is 0 Å². The molecule has 3 nitrogen and oxygen atoms in total. The number of rotatable bonds is 3. The average molecular weight is 472 g/mol. The second-order valence-electron chi connectivity index (χ2n) is 6.11. The van der Waals surface area contributed by atoms with Crippen LogP contribution in [0.1, 0.15) is 11.4 Å². The van der Waals surface area contributed by atoms with Crippen molar-refractivity contribution in [2.24, 2.45) is 0 Å². The lowest BCUT2D eigenvalue weighted by molar-refractivity contribution is 0.944. The van der Waals surface area contributed by atoms with E-state index in [0.29, 0.717) is 32.5 Å². The number of hydrogen-bond acceptors (Lipinski definition) is 2. The van der Waals surface area contributed by atoms with Gasteiger partial charge in [-0.1, -0.05) is 69.5 Å². The van der Waals surface area contributed by atoms with Crippen molar-refractivity contribution in [1.29, 1.82) is 0 Å². The summed E-state index contributed by atoms with van der Waals surface area (Å²) in [5.41, 5.74) is 1.96. The minimum absolute atomic E-state index is 0.190. The van der Waals surface area contributed by atoms with Crippen LogP contribution in [0.15, 0.2) is 76.0 Å². The molecule has 0 amide bonds. The highest BCUT2D eigenvalue weighted by molar-refractivity contribution is 9.10. The molecule has 0 aliphatic rings. The number of nitrogens with zero attached hydrogens (tertiary/aromatic N) is 2. The largest absolute Gasteiger partial charge is 0.268 e. The van der Waals surface area contributed by atoms with Gasteiger partial charge in [-0.3, -0.25) is 9.36 Å².